The van der Waals surface area contributed by atoms with Crippen molar-refractivity contribution in [3.05, 3.63) is 52.2 Å². The number of hydrogen-bond donors (Lipinski definition) is 2. The highest BCUT2D eigenvalue weighted by Crippen LogP contribution is 2.05. The monoisotopic (exact) mass is 207 g/mol. The molecule has 0 fully saturated rings. The van der Waals surface area contributed by atoms with Crippen molar-refractivity contribution in [1.82, 2.24) is 9.78 Å². The fourth-order valence-corrected chi connectivity index (χ4v) is 1.33. The van der Waals surface area contributed by atoms with Crippen molar-refractivity contribution < 1.29 is 4.39 Å². The molecule has 0 aliphatic carbocycles. The molecule has 1 aromatic heterocycles. The minimum absolute atomic E-state index is 0.184. The van der Waals surface area contributed by atoms with E-state index in [2.05, 4.69) is 5.10 Å². The van der Waals surface area contributed by atoms with Crippen LogP contribution in [0.1, 0.15) is 5.56 Å². The lowest BCUT2D eigenvalue weighted by Crippen LogP contribution is -2.18. The molecule has 3 N–H and O–H groups in total. The van der Waals surface area contributed by atoms with Gasteiger partial charge in [0, 0.05) is 12.7 Å². The van der Waals surface area contributed by atoms with Crippen LogP contribution in [0.2, 0.25) is 0 Å². The minimum Gasteiger partial charge on any atom is -0.326 e. The number of rotatable bonds is 2. The fraction of sp³-hybridized carbons (Fsp3) is 0.100. The molecular formula is C10H10FN3O. The zero-order valence-corrected chi connectivity index (χ0v) is 7.90. The average molecular weight is 207 g/mol. The lowest BCUT2D eigenvalue weighted by molar-refractivity contribution is 0.627. The molecule has 1 heterocycles. The lowest BCUT2D eigenvalue weighted by Gasteiger charge is -1.99. The number of H-pyrrole nitrogens is 1. The number of aromatic amines is 1. The maximum absolute atomic E-state index is 12.7. The molecule has 0 radical (unpaired) electrons. The van der Waals surface area contributed by atoms with Crippen LogP contribution >= 0.6 is 0 Å². The largest absolute Gasteiger partial charge is 0.326 e. The van der Waals surface area contributed by atoms with Crippen LogP contribution in [0.3, 0.4) is 0 Å². The molecule has 0 spiro atoms. The van der Waals surface area contributed by atoms with Crippen LogP contribution in [0.5, 0.6) is 0 Å². The molecule has 0 saturated heterocycles. The highest BCUT2D eigenvalue weighted by atomic mass is 19.1. The van der Waals surface area contributed by atoms with Crippen LogP contribution in [0, 0.1) is 5.82 Å². The van der Waals surface area contributed by atoms with Crippen molar-refractivity contribution in [2.45, 2.75) is 6.54 Å². The summed E-state index contributed by atoms with van der Waals surface area (Å²) in [5.74, 6) is -0.336. The van der Waals surface area contributed by atoms with E-state index in [4.69, 9.17) is 5.73 Å². The molecule has 0 bridgehead atoms. The molecule has 0 aliphatic heterocycles. The van der Waals surface area contributed by atoms with Gasteiger partial charge in [0.15, 0.2) is 0 Å². The molecular weight excluding hydrogens is 197 g/mol. The summed E-state index contributed by atoms with van der Waals surface area (Å²) >= 11 is 0. The van der Waals surface area contributed by atoms with Crippen molar-refractivity contribution in [2.75, 3.05) is 0 Å². The Morgan fingerprint density at radius 3 is 2.53 bits per heavy atom. The second-order valence-corrected chi connectivity index (χ2v) is 3.12. The normalized spacial score (nSPS) is 10.5. The van der Waals surface area contributed by atoms with Gasteiger partial charge in [-0.25, -0.2) is 9.07 Å². The molecule has 5 heteroatoms. The molecule has 0 unspecified atom stereocenters. The van der Waals surface area contributed by atoms with Gasteiger partial charge in [-0.15, -0.1) is 0 Å². The van der Waals surface area contributed by atoms with Crippen molar-refractivity contribution in [3.63, 3.8) is 0 Å². The van der Waals surface area contributed by atoms with Crippen LogP contribution in [0.25, 0.3) is 5.69 Å². The van der Waals surface area contributed by atoms with E-state index in [1.807, 2.05) is 0 Å². The third-order valence-electron chi connectivity index (χ3n) is 2.15. The number of hydrogen-bond acceptors (Lipinski definition) is 2. The van der Waals surface area contributed by atoms with E-state index in [0.29, 0.717) is 11.3 Å². The second kappa shape index (κ2) is 3.70. The van der Waals surface area contributed by atoms with Crippen molar-refractivity contribution in [2.24, 2.45) is 5.73 Å². The number of nitrogens with zero attached hydrogens (tertiary/aromatic N) is 1. The Morgan fingerprint density at radius 1 is 1.33 bits per heavy atom. The number of nitrogens with one attached hydrogen (secondary N) is 1. The third kappa shape index (κ3) is 1.69. The van der Waals surface area contributed by atoms with Crippen molar-refractivity contribution in [1.29, 1.82) is 0 Å². The lowest BCUT2D eigenvalue weighted by atomic mass is 10.3. The molecule has 15 heavy (non-hydrogen) atoms. The summed E-state index contributed by atoms with van der Waals surface area (Å²) in [5, 5.41) is 2.76. The van der Waals surface area contributed by atoms with Gasteiger partial charge in [-0.2, -0.15) is 0 Å². The molecule has 78 valence electrons. The predicted molar refractivity (Wildman–Crippen MR) is 54.2 cm³/mol. The van der Waals surface area contributed by atoms with E-state index in [9.17, 15) is 9.18 Å². The van der Waals surface area contributed by atoms with Gasteiger partial charge >= 0.3 is 0 Å². The number of aromatic nitrogens is 2. The maximum atomic E-state index is 12.7. The quantitative estimate of drug-likeness (QED) is 0.763. The molecule has 0 aliphatic rings. The first-order chi connectivity index (χ1) is 7.22. The van der Waals surface area contributed by atoms with Gasteiger partial charge in [-0.3, -0.25) is 9.89 Å². The zero-order chi connectivity index (χ0) is 10.8. The Kier molecular flexibility index (Phi) is 2.39. The number of halogens is 1. The van der Waals surface area contributed by atoms with Crippen LogP contribution in [0.4, 0.5) is 4.39 Å². The van der Waals surface area contributed by atoms with Crippen molar-refractivity contribution in [3.8, 4) is 5.69 Å². The first kappa shape index (κ1) is 9.67. The summed E-state index contributed by atoms with van der Waals surface area (Å²) in [6.45, 7) is 0.184. The molecule has 4 nitrogen and oxygen atoms in total. The summed E-state index contributed by atoms with van der Waals surface area (Å²) in [5.41, 5.74) is 6.25. The first-order valence-electron chi connectivity index (χ1n) is 4.47. The molecule has 0 saturated carbocycles. The summed E-state index contributed by atoms with van der Waals surface area (Å²) < 4.78 is 14.0. The van der Waals surface area contributed by atoms with E-state index < -0.39 is 0 Å². The van der Waals surface area contributed by atoms with Crippen LogP contribution in [-0.4, -0.2) is 9.78 Å². The molecule has 0 amide bonds. The highest BCUT2D eigenvalue weighted by Gasteiger charge is 2.05. The summed E-state index contributed by atoms with van der Waals surface area (Å²) in [4.78, 5) is 11.6. The molecule has 2 rings (SSSR count). The zero-order valence-electron chi connectivity index (χ0n) is 7.90. The molecule has 1 aromatic carbocycles. The van der Waals surface area contributed by atoms with E-state index in [-0.39, 0.29) is 17.9 Å². The van der Waals surface area contributed by atoms with Gasteiger partial charge in [-0.1, -0.05) is 0 Å². The average Bonchev–Trinajstić information content (AvgIpc) is 2.61. The topological polar surface area (TPSA) is 63.8 Å². The smallest absolute Gasteiger partial charge is 0.275 e. The Balaban J connectivity index is 2.50. The Bertz CT molecular complexity index is 512. The van der Waals surface area contributed by atoms with E-state index in [1.165, 1.54) is 28.9 Å². The Labute approximate surface area is 85.1 Å². The highest BCUT2D eigenvalue weighted by molar-refractivity contribution is 5.31. The van der Waals surface area contributed by atoms with Gasteiger partial charge < -0.3 is 5.73 Å². The maximum Gasteiger partial charge on any atom is 0.275 e. The number of nitrogens with two attached hydrogens (primary N) is 1. The van der Waals surface area contributed by atoms with Crippen molar-refractivity contribution >= 4 is 0 Å². The van der Waals surface area contributed by atoms with Crippen LogP contribution in [0.15, 0.2) is 35.3 Å². The van der Waals surface area contributed by atoms with Gasteiger partial charge in [-0.05, 0) is 24.3 Å². The van der Waals surface area contributed by atoms with E-state index in [0.717, 1.165) is 0 Å². The van der Waals surface area contributed by atoms with Crippen LogP contribution in [-0.2, 0) is 6.54 Å². The van der Waals surface area contributed by atoms with Crippen LogP contribution < -0.4 is 11.3 Å². The molecule has 0 atom stereocenters. The predicted octanol–water partition coefficient (Wildman–Crippen LogP) is 0.763. The standard InChI is InChI=1S/C10H10FN3O/c11-8-1-3-9(4-2-8)14-10(15)7(5-12)6-13-14/h1-4,6,13H,5,12H2. The van der Waals surface area contributed by atoms with Gasteiger partial charge in [0.25, 0.3) is 5.56 Å². The first-order valence-corrected chi connectivity index (χ1v) is 4.47. The van der Waals surface area contributed by atoms with Gasteiger partial charge in [0.1, 0.15) is 5.82 Å². The SMILES string of the molecule is NCc1c[nH]n(-c2ccc(F)cc2)c1=O. The van der Waals surface area contributed by atoms with E-state index in [1.54, 1.807) is 6.20 Å². The number of benzene rings is 1. The minimum atomic E-state index is -0.336. The Morgan fingerprint density at radius 2 is 2.00 bits per heavy atom. The van der Waals surface area contributed by atoms with Gasteiger partial charge in [0.2, 0.25) is 0 Å². The summed E-state index contributed by atoms with van der Waals surface area (Å²) in [6.07, 6.45) is 1.55. The third-order valence-corrected chi connectivity index (χ3v) is 2.15. The van der Waals surface area contributed by atoms with Gasteiger partial charge in [0.05, 0.1) is 11.3 Å². The second-order valence-electron chi connectivity index (χ2n) is 3.12. The molecule has 2 aromatic rings. The van der Waals surface area contributed by atoms with E-state index >= 15 is 0 Å². The summed E-state index contributed by atoms with van der Waals surface area (Å²) in [7, 11) is 0. The fourth-order valence-electron chi connectivity index (χ4n) is 1.33. The summed E-state index contributed by atoms with van der Waals surface area (Å²) in [6, 6.07) is 5.64. The Hall–Kier alpha value is -1.88.